The van der Waals surface area contributed by atoms with Crippen molar-refractivity contribution in [3.8, 4) is 5.75 Å². The second-order valence-corrected chi connectivity index (χ2v) is 9.55. The van der Waals surface area contributed by atoms with Gasteiger partial charge in [0.15, 0.2) is 0 Å². The SMILES string of the molecule is O=C(CN1CCN(c2ccc3c(c2)CN(Cc2ccc(OC(F)(F)F)cc2)C3=O)CC1)N1CCCC1. The van der Waals surface area contributed by atoms with Crippen LogP contribution in [0.15, 0.2) is 42.5 Å². The summed E-state index contributed by atoms with van der Waals surface area (Å²) in [6.45, 7) is 6.25. The molecule has 3 heterocycles. The summed E-state index contributed by atoms with van der Waals surface area (Å²) in [6, 6.07) is 11.5. The number of nitrogens with zero attached hydrogens (tertiary/aromatic N) is 4. The summed E-state index contributed by atoms with van der Waals surface area (Å²) < 4.78 is 41.0. The van der Waals surface area contributed by atoms with E-state index in [1.807, 2.05) is 17.0 Å². The van der Waals surface area contributed by atoms with Crippen molar-refractivity contribution in [2.45, 2.75) is 32.3 Å². The molecule has 2 aromatic rings. The van der Waals surface area contributed by atoms with Gasteiger partial charge in [-0.25, -0.2) is 0 Å². The molecule has 5 rings (SSSR count). The third-order valence-corrected chi connectivity index (χ3v) is 7.05. The molecular weight excluding hydrogens is 473 g/mol. The third-order valence-electron chi connectivity index (χ3n) is 7.05. The number of carbonyl (C=O) groups is 2. The highest BCUT2D eigenvalue weighted by Gasteiger charge is 2.32. The number of alkyl halides is 3. The van der Waals surface area contributed by atoms with Crippen molar-refractivity contribution in [3.63, 3.8) is 0 Å². The van der Waals surface area contributed by atoms with Gasteiger partial charge in [0.2, 0.25) is 5.91 Å². The summed E-state index contributed by atoms with van der Waals surface area (Å²) in [7, 11) is 0. The largest absolute Gasteiger partial charge is 0.573 e. The Morgan fingerprint density at radius 2 is 1.61 bits per heavy atom. The number of amides is 2. The number of rotatable bonds is 6. The molecule has 2 amide bonds. The lowest BCUT2D eigenvalue weighted by Gasteiger charge is -2.36. The first-order valence-corrected chi connectivity index (χ1v) is 12.3. The highest BCUT2D eigenvalue weighted by Crippen LogP contribution is 2.30. The molecule has 192 valence electrons. The van der Waals surface area contributed by atoms with E-state index in [1.165, 1.54) is 24.3 Å². The van der Waals surface area contributed by atoms with Gasteiger partial charge in [0.25, 0.3) is 5.91 Å². The second-order valence-electron chi connectivity index (χ2n) is 9.55. The Morgan fingerprint density at radius 1 is 0.917 bits per heavy atom. The zero-order chi connectivity index (χ0) is 25.3. The predicted molar refractivity (Wildman–Crippen MR) is 128 cm³/mol. The number of fused-ring (bicyclic) bond motifs is 1. The fourth-order valence-corrected chi connectivity index (χ4v) is 5.13. The van der Waals surface area contributed by atoms with E-state index in [0.717, 1.165) is 68.9 Å². The molecule has 0 saturated carbocycles. The highest BCUT2D eigenvalue weighted by molar-refractivity contribution is 5.98. The van der Waals surface area contributed by atoms with Crippen molar-refractivity contribution in [2.24, 2.45) is 0 Å². The number of hydrogen-bond acceptors (Lipinski definition) is 5. The molecule has 7 nitrogen and oxygen atoms in total. The van der Waals surface area contributed by atoms with Gasteiger partial charge in [-0.2, -0.15) is 0 Å². The average Bonchev–Trinajstić information content (AvgIpc) is 3.49. The van der Waals surface area contributed by atoms with Crippen molar-refractivity contribution < 1.29 is 27.5 Å². The Morgan fingerprint density at radius 3 is 2.28 bits per heavy atom. The summed E-state index contributed by atoms with van der Waals surface area (Å²) in [5.41, 5.74) is 3.39. The first-order chi connectivity index (χ1) is 17.2. The molecule has 2 fully saturated rings. The van der Waals surface area contributed by atoms with Crippen LogP contribution in [0.3, 0.4) is 0 Å². The Bertz CT molecular complexity index is 1110. The number of carbonyl (C=O) groups excluding carboxylic acids is 2. The number of anilines is 1. The Hall–Kier alpha value is -3.27. The lowest BCUT2D eigenvalue weighted by atomic mass is 10.1. The van der Waals surface area contributed by atoms with Gasteiger partial charge in [-0.05, 0) is 54.3 Å². The molecule has 2 aromatic carbocycles. The molecule has 0 bridgehead atoms. The maximum atomic E-state index is 12.9. The van der Waals surface area contributed by atoms with Crippen LogP contribution < -0.4 is 9.64 Å². The quantitative estimate of drug-likeness (QED) is 0.606. The first kappa shape index (κ1) is 24.4. The maximum Gasteiger partial charge on any atom is 0.573 e. The molecule has 2 saturated heterocycles. The highest BCUT2D eigenvalue weighted by atomic mass is 19.4. The van der Waals surface area contributed by atoms with Crippen LogP contribution >= 0.6 is 0 Å². The molecule has 3 aliphatic heterocycles. The third kappa shape index (κ3) is 5.59. The minimum Gasteiger partial charge on any atom is -0.406 e. The summed E-state index contributed by atoms with van der Waals surface area (Å²) in [4.78, 5) is 33.5. The Labute approximate surface area is 208 Å². The summed E-state index contributed by atoms with van der Waals surface area (Å²) >= 11 is 0. The molecule has 3 aliphatic rings. The van der Waals surface area contributed by atoms with Gasteiger partial charge in [-0.1, -0.05) is 12.1 Å². The zero-order valence-corrected chi connectivity index (χ0v) is 20.0. The van der Waals surface area contributed by atoms with E-state index in [-0.39, 0.29) is 17.6 Å². The van der Waals surface area contributed by atoms with E-state index in [2.05, 4.69) is 20.6 Å². The van der Waals surface area contributed by atoms with Crippen molar-refractivity contribution in [3.05, 3.63) is 59.2 Å². The van der Waals surface area contributed by atoms with Gasteiger partial charge in [0, 0.05) is 63.6 Å². The van der Waals surface area contributed by atoms with Crippen LogP contribution in [-0.4, -0.2) is 78.7 Å². The number of ether oxygens (including phenoxy) is 1. The van der Waals surface area contributed by atoms with Crippen LogP contribution in [0, 0.1) is 0 Å². The Kier molecular flexibility index (Phi) is 6.79. The summed E-state index contributed by atoms with van der Waals surface area (Å²) in [5.74, 6) is -0.149. The van der Waals surface area contributed by atoms with Gasteiger partial charge in [-0.3, -0.25) is 14.5 Å². The number of halogens is 3. The van der Waals surface area contributed by atoms with Gasteiger partial charge in [0.05, 0.1) is 6.54 Å². The monoisotopic (exact) mass is 502 g/mol. The molecule has 0 spiro atoms. The van der Waals surface area contributed by atoms with Crippen molar-refractivity contribution in [1.82, 2.24) is 14.7 Å². The van der Waals surface area contributed by atoms with Crippen molar-refractivity contribution >= 4 is 17.5 Å². The zero-order valence-electron chi connectivity index (χ0n) is 20.0. The normalized spacial score (nSPS) is 18.6. The first-order valence-electron chi connectivity index (χ1n) is 12.3. The number of hydrogen-bond donors (Lipinski definition) is 0. The van der Waals surface area contributed by atoms with Crippen LogP contribution in [0.5, 0.6) is 5.75 Å². The number of piperazine rings is 1. The summed E-state index contributed by atoms with van der Waals surface area (Å²) in [5, 5.41) is 0. The summed E-state index contributed by atoms with van der Waals surface area (Å²) in [6.07, 6.45) is -2.54. The fourth-order valence-electron chi connectivity index (χ4n) is 5.13. The fraction of sp³-hybridized carbons (Fsp3) is 0.462. The predicted octanol–water partition coefficient (Wildman–Crippen LogP) is 3.49. The van der Waals surface area contributed by atoms with Gasteiger partial charge < -0.3 is 19.4 Å². The van der Waals surface area contributed by atoms with E-state index in [4.69, 9.17) is 0 Å². The van der Waals surface area contributed by atoms with Gasteiger partial charge in [0.1, 0.15) is 5.75 Å². The molecule has 0 aromatic heterocycles. The van der Waals surface area contributed by atoms with E-state index in [0.29, 0.717) is 25.2 Å². The van der Waals surface area contributed by atoms with Gasteiger partial charge >= 0.3 is 6.36 Å². The standard InChI is InChI=1S/C26H29F3N4O3/c27-26(28,29)36-22-6-3-19(4-7-22)16-33-17-20-15-21(5-8-23(20)25(33)35)31-13-11-30(12-14-31)18-24(34)32-9-1-2-10-32/h3-8,15H,1-2,9-14,16-18H2. The second kappa shape index (κ2) is 10.0. The van der Waals surface area contributed by atoms with Crippen molar-refractivity contribution in [1.29, 1.82) is 0 Å². The molecule has 0 aliphatic carbocycles. The van der Waals surface area contributed by atoms with Crippen LogP contribution in [0.25, 0.3) is 0 Å². The molecular formula is C26H29F3N4O3. The van der Waals surface area contributed by atoms with E-state index < -0.39 is 6.36 Å². The smallest absolute Gasteiger partial charge is 0.406 e. The lowest BCUT2D eigenvalue weighted by Crippen LogP contribution is -2.49. The minimum absolute atomic E-state index is 0.0857. The lowest BCUT2D eigenvalue weighted by molar-refractivity contribution is -0.274. The molecule has 36 heavy (non-hydrogen) atoms. The minimum atomic E-state index is -4.73. The van der Waals surface area contributed by atoms with Crippen LogP contribution in [-0.2, 0) is 17.9 Å². The van der Waals surface area contributed by atoms with Crippen LogP contribution in [0.2, 0.25) is 0 Å². The molecule has 10 heteroatoms. The average molecular weight is 503 g/mol. The Balaban J connectivity index is 1.16. The number of likely N-dealkylation sites (tertiary alicyclic amines) is 1. The van der Waals surface area contributed by atoms with Crippen molar-refractivity contribution in [2.75, 3.05) is 50.7 Å². The molecule has 0 N–H and O–H groups in total. The number of benzene rings is 2. The molecule has 0 unspecified atom stereocenters. The van der Waals surface area contributed by atoms with Crippen LogP contribution in [0.1, 0.15) is 34.3 Å². The van der Waals surface area contributed by atoms with Gasteiger partial charge in [-0.15, -0.1) is 13.2 Å². The molecule has 0 atom stereocenters. The topological polar surface area (TPSA) is 56.3 Å². The van der Waals surface area contributed by atoms with E-state index in [9.17, 15) is 22.8 Å². The van der Waals surface area contributed by atoms with Crippen LogP contribution in [0.4, 0.5) is 18.9 Å². The maximum absolute atomic E-state index is 12.9. The molecule has 0 radical (unpaired) electrons. The van der Waals surface area contributed by atoms with E-state index in [1.54, 1.807) is 4.90 Å². The van der Waals surface area contributed by atoms with E-state index >= 15 is 0 Å².